The Hall–Kier alpha value is -3.20. The summed E-state index contributed by atoms with van der Waals surface area (Å²) in [5, 5.41) is 11.9. The first-order chi connectivity index (χ1) is 11.1. The molecule has 3 rings (SSSR count). The molecule has 1 aliphatic heterocycles. The van der Waals surface area contributed by atoms with E-state index < -0.39 is 0 Å². The van der Waals surface area contributed by atoms with Crippen molar-refractivity contribution in [3.63, 3.8) is 0 Å². The second-order valence-corrected chi connectivity index (χ2v) is 5.08. The molecule has 1 heterocycles. The predicted molar refractivity (Wildman–Crippen MR) is 86.7 cm³/mol. The standard InChI is InChI=1S/C17H15N3O3/c1-20-13-5-4-10(9-18)6-12(13)19-17(21)11-7-15(22-2)16(23-3)8-14(11)20/h4-8H,1-3H3,(H,19,21). The topological polar surface area (TPSA) is 74.6 Å². The van der Waals surface area contributed by atoms with Gasteiger partial charge in [-0.3, -0.25) is 4.79 Å². The SMILES string of the molecule is COc1cc2c(cc1OC)N(C)c1ccc(C#N)cc1NC2=O. The van der Waals surface area contributed by atoms with E-state index in [2.05, 4.69) is 11.4 Å². The molecule has 0 spiro atoms. The molecule has 1 amide bonds. The van der Waals surface area contributed by atoms with Gasteiger partial charge in [-0.25, -0.2) is 0 Å². The number of carbonyl (C=O) groups excluding carboxylic acids is 1. The summed E-state index contributed by atoms with van der Waals surface area (Å²) in [6.07, 6.45) is 0. The third-order valence-electron chi connectivity index (χ3n) is 3.84. The molecule has 0 radical (unpaired) electrons. The molecule has 0 fully saturated rings. The Morgan fingerprint density at radius 3 is 2.43 bits per heavy atom. The molecule has 0 saturated carbocycles. The van der Waals surface area contributed by atoms with Gasteiger partial charge in [0.15, 0.2) is 11.5 Å². The first-order valence-electron chi connectivity index (χ1n) is 6.94. The van der Waals surface area contributed by atoms with Crippen molar-refractivity contribution in [1.29, 1.82) is 5.26 Å². The van der Waals surface area contributed by atoms with Gasteiger partial charge in [-0.2, -0.15) is 5.26 Å². The lowest BCUT2D eigenvalue weighted by Gasteiger charge is -2.22. The van der Waals surface area contributed by atoms with Gasteiger partial charge in [-0.15, -0.1) is 0 Å². The highest BCUT2D eigenvalue weighted by Gasteiger charge is 2.25. The normalized spacial score (nSPS) is 12.4. The van der Waals surface area contributed by atoms with Crippen molar-refractivity contribution in [2.75, 3.05) is 31.5 Å². The van der Waals surface area contributed by atoms with Crippen LogP contribution in [-0.4, -0.2) is 27.2 Å². The Kier molecular flexibility index (Phi) is 3.54. The number of ether oxygens (including phenoxy) is 2. The highest BCUT2D eigenvalue weighted by Crippen LogP contribution is 2.41. The van der Waals surface area contributed by atoms with Crippen LogP contribution in [0.4, 0.5) is 17.1 Å². The van der Waals surface area contributed by atoms with Gasteiger partial charge in [-0.05, 0) is 24.3 Å². The van der Waals surface area contributed by atoms with Gasteiger partial charge in [0.05, 0.1) is 48.5 Å². The zero-order chi connectivity index (χ0) is 16.6. The number of methoxy groups -OCH3 is 2. The lowest BCUT2D eigenvalue weighted by molar-refractivity contribution is 0.102. The molecule has 1 aliphatic rings. The molecule has 0 unspecified atom stereocenters. The predicted octanol–water partition coefficient (Wildman–Crippen LogP) is 2.91. The van der Waals surface area contributed by atoms with Crippen LogP contribution in [0.5, 0.6) is 11.5 Å². The van der Waals surface area contributed by atoms with E-state index in [-0.39, 0.29) is 5.91 Å². The third-order valence-corrected chi connectivity index (χ3v) is 3.84. The minimum Gasteiger partial charge on any atom is -0.493 e. The van der Waals surface area contributed by atoms with E-state index in [4.69, 9.17) is 14.7 Å². The minimum atomic E-state index is -0.262. The Morgan fingerprint density at radius 2 is 1.78 bits per heavy atom. The minimum absolute atomic E-state index is 0.262. The third kappa shape index (κ3) is 2.32. The number of fused-ring (bicyclic) bond motifs is 2. The van der Waals surface area contributed by atoms with Crippen molar-refractivity contribution >= 4 is 23.0 Å². The van der Waals surface area contributed by atoms with Crippen LogP contribution in [0.25, 0.3) is 0 Å². The lowest BCUT2D eigenvalue weighted by atomic mass is 10.1. The largest absolute Gasteiger partial charge is 0.493 e. The molecule has 6 heteroatoms. The van der Waals surface area contributed by atoms with Gasteiger partial charge in [0, 0.05) is 13.1 Å². The highest BCUT2D eigenvalue weighted by molar-refractivity contribution is 6.13. The molecule has 0 saturated heterocycles. The Morgan fingerprint density at radius 1 is 1.09 bits per heavy atom. The summed E-state index contributed by atoms with van der Waals surface area (Å²) in [4.78, 5) is 14.4. The smallest absolute Gasteiger partial charge is 0.257 e. The molecule has 0 atom stereocenters. The number of benzene rings is 2. The van der Waals surface area contributed by atoms with E-state index >= 15 is 0 Å². The Balaban J connectivity index is 2.22. The molecule has 0 aliphatic carbocycles. The number of hydrogen-bond donors (Lipinski definition) is 1. The molecule has 1 N–H and O–H groups in total. The van der Waals surface area contributed by atoms with Crippen molar-refractivity contribution in [2.24, 2.45) is 0 Å². The van der Waals surface area contributed by atoms with E-state index in [0.29, 0.717) is 34.0 Å². The summed E-state index contributed by atoms with van der Waals surface area (Å²) in [5.41, 5.74) is 3.04. The number of rotatable bonds is 2. The summed E-state index contributed by atoms with van der Waals surface area (Å²) >= 11 is 0. The van der Waals surface area contributed by atoms with Crippen LogP contribution in [0.3, 0.4) is 0 Å². The number of amides is 1. The van der Waals surface area contributed by atoms with Gasteiger partial charge in [0.2, 0.25) is 0 Å². The molecular formula is C17H15N3O3. The summed E-state index contributed by atoms with van der Waals surface area (Å²) < 4.78 is 10.6. The van der Waals surface area contributed by atoms with Gasteiger partial charge < -0.3 is 19.7 Å². The van der Waals surface area contributed by atoms with Crippen LogP contribution < -0.4 is 19.7 Å². The number of anilines is 3. The van der Waals surface area contributed by atoms with Crippen molar-refractivity contribution in [3.8, 4) is 17.6 Å². The van der Waals surface area contributed by atoms with Crippen LogP contribution in [0.2, 0.25) is 0 Å². The van der Waals surface area contributed by atoms with Gasteiger partial charge >= 0.3 is 0 Å². The van der Waals surface area contributed by atoms with E-state index in [9.17, 15) is 4.79 Å². The zero-order valence-electron chi connectivity index (χ0n) is 13.0. The first kappa shape index (κ1) is 14.7. The van der Waals surface area contributed by atoms with E-state index in [1.165, 1.54) is 7.11 Å². The maximum atomic E-state index is 12.6. The Labute approximate surface area is 133 Å². The second-order valence-electron chi connectivity index (χ2n) is 5.08. The molecule has 6 nitrogen and oxygen atoms in total. The van der Waals surface area contributed by atoms with Gasteiger partial charge in [0.25, 0.3) is 5.91 Å². The van der Waals surface area contributed by atoms with E-state index in [1.807, 2.05) is 11.9 Å². The molecular weight excluding hydrogens is 294 g/mol. The van der Waals surface area contributed by atoms with Crippen LogP contribution in [0.1, 0.15) is 15.9 Å². The highest BCUT2D eigenvalue weighted by atomic mass is 16.5. The fraction of sp³-hybridized carbons (Fsp3) is 0.176. The maximum Gasteiger partial charge on any atom is 0.257 e. The van der Waals surface area contributed by atoms with E-state index in [1.54, 1.807) is 37.4 Å². The molecule has 23 heavy (non-hydrogen) atoms. The molecule has 2 aromatic carbocycles. The van der Waals surface area contributed by atoms with Crippen molar-refractivity contribution in [3.05, 3.63) is 41.5 Å². The van der Waals surface area contributed by atoms with Crippen molar-refractivity contribution in [2.45, 2.75) is 0 Å². The number of carbonyl (C=O) groups is 1. The molecule has 0 aromatic heterocycles. The average Bonchev–Trinajstić information content (AvgIpc) is 2.68. The first-order valence-corrected chi connectivity index (χ1v) is 6.94. The quantitative estimate of drug-likeness (QED) is 0.923. The fourth-order valence-corrected chi connectivity index (χ4v) is 2.65. The van der Waals surface area contributed by atoms with E-state index in [0.717, 1.165) is 5.69 Å². The summed E-state index contributed by atoms with van der Waals surface area (Å²) in [6, 6.07) is 10.7. The lowest BCUT2D eigenvalue weighted by Crippen LogP contribution is -2.13. The van der Waals surface area contributed by atoms with Crippen molar-refractivity contribution < 1.29 is 14.3 Å². The number of nitriles is 1. The summed E-state index contributed by atoms with van der Waals surface area (Å²) in [6.45, 7) is 0. The van der Waals surface area contributed by atoms with Crippen LogP contribution in [-0.2, 0) is 0 Å². The van der Waals surface area contributed by atoms with Gasteiger partial charge in [0.1, 0.15) is 0 Å². The molecule has 116 valence electrons. The van der Waals surface area contributed by atoms with Crippen LogP contribution >= 0.6 is 0 Å². The fourth-order valence-electron chi connectivity index (χ4n) is 2.65. The number of hydrogen-bond acceptors (Lipinski definition) is 5. The second kappa shape index (κ2) is 5.54. The zero-order valence-corrected chi connectivity index (χ0v) is 13.0. The van der Waals surface area contributed by atoms with Crippen molar-refractivity contribution in [1.82, 2.24) is 0 Å². The number of nitrogens with one attached hydrogen (secondary N) is 1. The molecule has 0 bridgehead atoms. The number of nitrogens with zero attached hydrogens (tertiary/aromatic N) is 2. The maximum absolute atomic E-state index is 12.6. The Bertz CT molecular complexity index is 840. The van der Waals surface area contributed by atoms with Gasteiger partial charge in [-0.1, -0.05) is 0 Å². The van der Waals surface area contributed by atoms with Crippen LogP contribution in [0, 0.1) is 11.3 Å². The summed E-state index contributed by atoms with van der Waals surface area (Å²) in [7, 11) is 4.93. The summed E-state index contributed by atoms with van der Waals surface area (Å²) in [5.74, 6) is 0.767. The molecule has 2 aromatic rings. The monoisotopic (exact) mass is 309 g/mol. The van der Waals surface area contributed by atoms with Crippen LogP contribution in [0.15, 0.2) is 30.3 Å². The average molecular weight is 309 g/mol.